The van der Waals surface area contributed by atoms with Crippen LogP contribution in [0.25, 0.3) is 0 Å². The summed E-state index contributed by atoms with van der Waals surface area (Å²) in [4.78, 5) is 44.3. The van der Waals surface area contributed by atoms with Gasteiger partial charge in [-0.05, 0) is 37.6 Å². The Balaban J connectivity index is 1.66. The number of H-pyrrole nitrogens is 1. The van der Waals surface area contributed by atoms with Crippen molar-refractivity contribution in [3.63, 3.8) is 0 Å². The monoisotopic (exact) mass is 465 g/mol. The van der Waals surface area contributed by atoms with E-state index in [1.54, 1.807) is 23.6 Å². The second-order valence-electron chi connectivity index (χ2n) is 7.46. The van der Waals surface area contributed by atoms with Gasteiger partial charge in [0.25, 0.3) is 11.8 Å². The van der Waals surface area contributed by atoms with Crippen molar-refractivity contribution in [1.82, 2.24) is 14.8 Å². The number of halogens is 2. The van der Waals surface area contributed by atoms with E-state index < -0.39 is 11.8 Å². The summed E-state index contributed by atoms with van der Waals surface area (Å²) in [7, 11) is 1.51. The second-order valence-corrected chi connectivity index (χ2v) is 7.87. The van der Waals surface area contributed by atoms with E-state index in [1.165, 1.54) is 19.2 Å². The van der Waals surface area contributed by atoms with Crippen LogP contribution in [-0.4, -0.2) is 79.1 Å². The molecule has 0 bridgehead atoms. The van der Waals surface area contributed by atoms with Crippen molar-refractivity contribution in [2.45, 2.75) is 13.8 Å². The Morgan fingerprint density at radius 2 is 1.69 bits per heavy atom. The van der Waals surface area contributed by atoms with Gasteiger partial charge in [-0.25, -0.2) is 9.18 Å². The minimum absolute atomic E-state index is 0.0518. The Labute approximate surface area is 190 Å². The number of aromatic amines is 1. The van der Waals surface area contributed by atoms with Crippen molar-refractivity contribution >= 4 is 29.4 Å². The molecule has 1 aromatic heterocycles. The first-order valence-electron chi connectivity index (χ1n) is 10.1. The maximum Gasteiger partial charge on any atom is 0.340 e. The first-order valence-corrected chi connectivity index (χ1v) is 10.5. The summed E-state index contributed by atoms with van der Waals surface area (Å²) < 4.78 is 23.3. The fourth-order valence-corrected chi connectivity index (χ4v) is 3.91. The summed E-state index contributed by atoms with van der Waals surface area (Å²) in [5, 5.41) is 0.0518. The zero-order valence-electron chi connectivity index (χ0n) is 18.2. The van der Waals surface area contributed by atoms with E-state index in [1.807, 2.05) is 0 Å². The molecule has 0 radical (unpaired) electrons. The topological polar surface area (TPSA) is 91.9 Å². The zero-order valence-corrected chi connectivity index (χ0v) is 18.9. The number of nitrogens with zero attached hydrogens (tertiary/aromatic N) is 2. The average molecular weight is 466 g/mol. The predicted molar refractivity (Wildman–Crippen MR) is 116 cm³/mol. The Morgan fingerprint density at radius 3 is 2.28 bits per heavy atom. The lowest BCUT2D eigenvalue weighted by molar-refractivity contribution is 0.0386. The molecule has 0 saturated carbocycles. The lowest BCUT2D eigenvalue weighted by atomic mass is 10.1. The Hall–Kier alpha value is -2.91. The van der Waals surface area contributed by atoms with Crippen molar-refractivity contribution in [1.29, 1.82) is 0 Å². The van der Waals surface area contributed by atoms with E-state index in [-0.39, 0.29) is 35.6 Å². The van der Waals surface area contributed by atoms with Crippen LogP contribution in [-0.2, 0) is 9.47 Å². The van der Waals surface area contributed by atoms with E-state index in [0.717, 1.165) is 6.07 Å². The number of methoxy groups -OCH3 is 1. The van der Waals surface area contributed by atoms with E-state index in [4.69, 9.17) is 21.1 Å². The van der Waals surface area contributed by atoms with E-state index in [2.05, 4.69) is 4.98 Å². The molecule has 1 aliphatic heterocycles. The van der Waals surface area contributed by atoms with Crippen LogP contribution >= 0.6 is 11.6 Å². The highest BCUT2D eigenvalue weighted by Crippen LogP contribution is 2.23. The number of ether oxygens (including phenoxy) is 2. The van der Waals surface area contributed by atoms with Crippen LogP contribution < -0.4 is 0 Å². The van der Waals surface area contributed by atoms with Crippen molar-refractivity contribution in [3.05, 3.63) is 57.1 Å². The first kappa shape index (κ1) is 23.7. The summed E-state index contributed by atoms with van der Waals surface area (Å²) >= 11 is 6.00. The molecule has 1 fully saturated rings. The number of rotatable bonds is 6. The second kappa shape index (κ2) is 10.1. The number of carbonyl (C=O) groups excluding carboxylic acids is 3. The van der Waals surface area contributed by atoms with Gasteiger partial charge in [0.05, 0.1) is 22.8 Å². The normalized spacial score (nSPS) is 13.9. The van der Waals surface area contributed by atoms with Crippen LogP contribution in [0.3, 0.4) is 0 Å². The maximum atomic E-state index is 13.3. The van der Waals surface area contributed by atoms with Crippen LogP contribution in [0.1, 0.15) is 42.5 Å². The molecule has 0 spiro atoms. The van der Waals surface area contributed by atoms with Gasteiger partial charge in [-0.15, -0.1) is 0 Å². The minimum atomic E-state index is -0.515. The van der Waals surface area contributed by atoms with Crippen LogP contribution in [0.5, 0.6) is 0 Å². The fourth-order valence-electron chi connectivity index (χ4n) is 3.66. The number of nitrogens with one attached hydrogen (secondary N) is 1. The number of amides is 2. The molecule has 2 aromatic rings. The number of hydrogen-bond acceptors (Lipinski definition) is 5. The van der Waals surface area contributed by atoms with Crippen LogP contribution in [0, 0.1) is 19.7 Å². The lowest BCUT2D eigenvalue weighted by Crippen LogP contribution is -2.50. The highest BCUT2D eigenvalue weighted by Gasteiger charge is 2.30. The number of piperazine rings is 1. The summed E-state index contributed by atoms with van der Waals surface area (Å²) in [5.41, 5.74) is 1.95. The van der Waals surface area contributed by atoms with Crippen molar-refractivity contribution in [2.75, 3.05) is 46.5 Å². The highest BCUT2D eigenvalue weighted by atomic mass is 35.5. The summed E-state index contributed by atoms with van der Waals surface area (Å²) in [6.45, 7) is 5.05. The highest BCUT2D eigenvalue weighted by molar-refractivity contribution is 6.33. The molecule has 1 N–H and O–H groups in total. The molecule has 2 amide bonds. The van der Waals surface area contributed by atoms with Gasteiger partial charge in [-0.1, -0.05) is 11.6 Å². The predicted octanol–water partition coefficient (Wildman–Crippen LogP) is 2.83. The molecule has 172 valence electrons. The standard InChI is InChI=1S/C22H25ClFN3O5/c1-13-18(22(30)32-11-10-31-3)14(2)25-19(13)21(29)27-8-6-26(7-9-27)20(28)16-5-4-15(24)12-17(16)23/h4-5,12,25H,6-11H2,1-3H3. The summed E-state index contributed by atoms with van der Waals surface area (Å²) in [6, 6.07) is 3.64. The molecule has 0 aliphatic carbocycles. The average Bonchev–Trinajstić information content (AvgIpc) is 3.07. The molecule has 0 atom stereocenters. The number of esters is 1. The molecule has 1 aliphatic rings. The molecule has 32 heavy (non-hydrogen) atoms. The Bertz CT molecular complexity index is 1030. The van der Waals surface area contributed by atoms with Gasteiger partial charge in [0.2, 0.25) is 0 Å². The van der Waals surface area contributed by atoms with E-state index in [9.17, 15) is 18.8 Å². The third kappa shape index (κ3) is 4.94. The number of benzene rings is 1. The third-order valence-electron chi connectivity index (χ3n) is 5.39. The van der Waals surface area contributed by atoms with E-state index >= 15 is 0 Å². The van der Waals surface area contributed by atoms with Crippen LogP contribution in [0.4, 0.5) is 4.39 Å². The molecular weight excluding hydrogens is 441 g/mol. The smallest absolute Gasteiger partial charge is 0.340 e. The largest absolute Gasteiger partial charge is 0.460 e. The number of hydrogen-bond donors (Lipinski definition) is 1. The zero-order chi connectivity index (χ0) is 23.4. The van der Waals surface area contributed by atoms with Gasteiger partial charge in [0.1, 0.15) is 18.1 Å². The van der Waals surface area contributed by atoms with E-state index in [0.29, 0.717) is 48.7 Å². The van der Waals surface area contributed by atoms with Crippen LogP contribution in [0.15, 0.2) is 18.2 Å². The van der Waals surface area contributed by atoms with Gasteiger partial charge in [-0.2, -0.15) is 0 Å². The lowest BCUT2D eigenvalue weighted by Gasteiger charge is -2.34. The Kier molecular flexibility index (Phi) is 7.52. The first-order chi connectivity index (χ1) is 15.2. The van der Waals surface area contributed by atoms with Gasteiger partial charge in [0, 0.05) is 39.0 Å². The molecular formula is C22H25ClFN3O5. The van der Waals surface area contributed by atoms with Crippen molar-refractivity contribution in [3.8, 4) is 0 Å². The summed E-state index contributed by atoms with van der Waals surface area (Å²) in [6.07, 6.45) is 0. The molecule has 8 nitrogen and oxygen atoms in total. The summed E-state index contributed by atoms with van der Waals surface area (Å²) in [5.74, 6) is -1.59. The van der Waals surface area contributed by atoms with Gasteiger partial charge >= 0.3 is 5.97 Å². The van der Waals surface area contributed by atoms with Crippen molar-refractivity contribution in [2.24, 2.45) is 0 Å². The molecule has 1 saturated heterocycles. The number of carbonyl (C=O) groups is 3. The van der Waals surface area contributed by atoms with Gasteiger partial charge in [0.15, 0.2) is 0 Å². The van der Waals surface area contributed by atoms with Gasteiger partial charge < -0.3 is 24.3 Å². The SMILES string of the molecule is COCCOC(=O)c1c(C)[nH]c(C(=O)N2CCN(C(=O)c3ccc(F)cc3Cl)CC2)c1C. The molecule has 0 unspecified atom stereocenters. The molecule has 3 rings (SSSR count). The number of aromatic nitrogens is 1. The van der Waals surface area contributed by atoms with Crippen molar-refractivity contribution < 1.29 is 28.2 Å². The third-order valence-corrected chi connectivity index (χ3v) is 5.70. The Morgan fingerprint density at radius 1 is 1.06 bits per heavy atom. The number of aryl methyl sites for hydroxylation is 1. The molecule has 2 heterocycles. The van der Waals surface area contributed by atoms with Gasteiger partial charge in [-0.3, -0.25) is 9.59 Å². The minimum Gasteiger partial charge on any atom is -0.460 e. The molecule has 1 aromatic carbocycles. The van der Waals surface area contributed by atoms with Crippen LogP contribution in [0.2, 0.25) is 5.02 Å². The fraction of sp³-hybridized carbons (Fsp3) is 0.409. The maximum absolute atomic E-state index is 13.3. The molecule has 10 heteroatoms. The quantitative estimate of drug-likeness (QED) is 0.523.